The second kappa shape index (κ2) is 2.64. The van der Waals surface area contributed by atoms with E-state index in [2.05, 4.69) is 0 Å². The van der Waals surface area contributed by atoms with E-state index >= 15 is 0 Å². The molecular weight excluding hydrogens is 195 g/mol. The van der Waals surface area contributed by atoms with E-state index in [9.17, 15) is 18.3 Å². The number of rotatable bonds is 1. The lowest BCUT2D eigenvalue weighted by molar-refractivity contribution is -0.330. The van der Waals surface area contributed by atoms with Crippen LogP contribution in [0.2, 0.25) is 0 Å². The minimum absolute atomic E-state index is 0.125. The number of alkyl halides is 3. The maximum atomic E-state index is 12.3. The summed E-state index contributed by atoms with van der Waals surface area (Å²) in [6, 6.07) is 0. The van der Waals surface area contributed by atoms with Gasteiger partial charge in [-0.1, -0.05) is 0 Å². The SMILES string of the molecule is NCC1CC2(C1)CC(O)(C(F)(F)F)C2. The van der Waals surface area contributed by atoms with Gasteiger partial charge in [0.2, 0.25) is 0 Å². The maximum Gasteiger partial charge on any atom is 0.417 e. The fourth-order valence-electron chi connectivity index (χ4n) is 3.01. The summed E-state index contributed by atoms with van der Waals surface area (Å²) in [6.07, 6.45) is -3.21. The zero-order valence-corrected chi connectivity index (χ0v) is 7.77. The van der Waals surface area contributed by atoms with Crippen LogP contribution in [0.15, 0.2) is 0 Å². The molecule has 0 bridgehead atoms. The fourth-order valence-corrected chi connectivity index (χ4v) is 3.01. The molecule has 0 aromatic carbocycles. The number of hydrogen-bond acceptors (Lipinski definition) is 2. The summed E-state index contributed by atoms with van der Waals surface area (Å²) in [6.45, 7) is 0.548. The molecule has 3 N–H and O–H groups in total. The molecule has 1 spiro atoms. The van der Waals surface area contributed by atoms with Crippen LogP contribution in [-0.4, -0.2) is 23.4 Å². The molecular formula is C9H14F3NO. The van der Waals surface area contributed by atoms with Crippen molar-refractivity contribution in [2.24, 2.45) is 17.1 Å². The standard InChI is InChI=1S/C9H14F3NO/c10-9(11,12)8(14)4-7(5-8)1-6(2-7)3-13/h6,14H,1-5,13H2. The Morgan fingerprint density at radius 2 is 1.79 bits per heavy atom. The molecule has 0 saturated heterocycles. The highest BCUT2D eigenvalue weighted by Crippen LogP contribution is 2.65. The van der Waals surface area contributed by atoms with Crippen molar-refractivity contribution >= 4 is 0 Å². The predicted octanol–water partition coefficient (Wildman–Crippen LogP) is 1.43. The van der Waals surface area contributed by atoms with E-state index < -0.39 is 11.8 Å². The number of nitrogens with two attached hydrogens (primary N) is 1. The molecule has 0 amide bonds. The first kappa shape index (κ1) is 10.2. The van der Waals surface area contributed by atoms with Gasteiger partial charge in [-0.25, -0.2) is 0 Å². The van der Waals surface area contributed by atoms with Gasteiger partial charge in [0.1, 0.15) is 0 Å². The zero-order chi connectivity index (χ0) is 10.6. The van der Waals surface area contributed by atoms with Gasteiger partial charge in [-0.2, -0.15) is 13.2 Å². The van der Waals surface area contributed by atoms with Crippen LogP contribution in [0.25, 0.3) is 0 Å². The van der Waals surface area contributed by atoms with E-state index in [0.29, 0.717) is 12.5 Å². The van der Waals surface area contributed by atoms with Gasteiger partial charge in [-0.15, -0.1) is 0 Å². The summed E-state index contributed by atoms with van der Waals surface area (Å²) in [4.78, 5) is 0. The molecule has 5 heteroatoms. The average Bonchev–Trinajstić information content (AvgIpc) is 1.91. The van der Waals surface area contributed by atoms with E-state index in [1.54, 1.807) is 0 Å². The lowest BCUT2D eigenvalue weighted by Gasteiger charge is -2.61. The van der Waals surface area contributed by atoms with Crippen LogP contribution < -0.4 is 5.73 Å². The van der Waals surface area contributed by atoms with Crippen molar-refractivity contribution in [1.82, 2.24) is 0 Å². The third-order valence-electron chi connectivity index (χ3n) is 3.64. The monoisotopic (exact) mass is 209 g/mol. The highest BCUT2D eigenvalue weighted by atomic mass is 19.4. The van der Waals surface area contributed by atoms with Crippen LogP contribution >= 0.6 is 0 Å². The number of hydrogen-bond donors (Lipinski definition) is 2. The summed E-state index contributed by atoms with van der Waals surface area (Å²) < 4.78 is 36.9. The molecule has 0 radical (unpaired) electrons. The molecule has 0 aromatic rings. The molecule has 14 heavy (non-hydrogen) atoms. The van der Waals surface area contributed by atoms with Gasteiger partial charge in [0.25, 0.3) is 0 Å². The second-order valence-corrected chi connectivity index (χ2v) is 4.89. The van der Waals surface area contributed by atoms with Gasteiger partial charge in [0.05, 0.1) is 0 Å². The van der Waals surface area contributed by atoms with Crippen molar-refractivity contribution in [2.75, 3.05) is 6.54 Å². The Balaban J connectivity index is 1.91. The number of halogens is 3. The van der Waals surface area contributed by atoms with Crippen LogP contribution in [0.3, 0.4) is 0 Å². The van der Waals surface area contributed by atoms with E-state index in [0.717, 1.165) is 12.8 Å². The molecule has 2 aliphatic carbocycles. The van der Waals surface area contributed by atoms with Crippen LogP contribution in [0, 0.1) is 11.3 Å². The molecule has 2 rings (SSSR count). The third kappa shape index (κ3) is 1.26. The van der Waals surface area contributed by atoms with Gasteiger partial charge in [-0.3, -0.25) is 0 Å². The molecule has 0 unspecified atom stereocenters. The van der Waals surface area contributed by atoms with Crippen LogP contribution in [-0.2, 0) is 0 Å². The fraction of sp³-hybridized carbons (Fsp3) is 1.00. The topological polar surface area (TPSA) is 46.2 Å². The summed E-state index contributed by atoms with van der Waals surface area (Å²) in [5, 5.41) is 9.25. The molecule has 2 aliphatic rings. The summed E-state index contributed by atoms with van der Waals surface area (Å²) >= 11 is 0. The summed E-state index contributed by atoms with van der Waals surface area (Å²) in [5.41, 5.74) is 2.75. The predicted molar refractivity (Wildman–Crippen MR) is 44.5 cm³/mol. The Kier molecular flexibility index (Phi) is 1.93. The van der Waals surface area contributed by atoms with Crippen LogP contribution in [0.1, 0.15) is 25.7 Å². The van der Waals surface area contributed by atoms with Gasteiger partial charge in [0, 0.05) is 0 Å². The Bertz CT molecular complexity index is 237. The van der Waals surface area contributed by atoms with Crippen molar-refractivity contribution in [1.29, 1.82) is 0 Å². The van der Waals surface area contributed by atoms with E-state index in [4.69, 9.17) is 5.73 Å². The molecule has 0 aromatic heterocycles. The number of aliphatic hydroxyl groups is 1. The van der Waals surface area contributed by atoms with Crippen LogP contribution in [0.5, 0.6) is 0 Å². The first-order chi connectivity index (χ1) is 6.30. The van der Waals surface area contributed by atoms with Crippen molar-refractivity contribution in [3.63, 3.8) is 0 Å². The lowest BCUT2D eigenvalue weighted by Crippen LogP contribution is -2.64. The maximum absolute atomic E-state index is 12.3. The molecule has 0 aliphatic heterocycles. The minimum Gasteiger partial charge on any atom is -0.380 e. The van der Waals surface area contributed by atoms with Gasteiger partial charge >= 0.3 is 6.18 Å². The normalized spacial score (nSPS) is 47.4. The Morgan fingerprint density at radius 1 is 1.29 bits per heavy atom. The van der Waals surface area contributed by atoms with Crippen molar-refractivity contribution in [3.8, 4) is 0 Å². The minimum atomic E-state index is -4.47. The van der Waals surface area contributed by atoms with Gasteiger partial charge < -0.3 is 10.8 Å². The Hall–Kier alpha value is -0.290. The molecule has 2 saturated carbocycles. The smallest absolute Gasteiger partial charge is 0.380 e. The van der Waals surface area contributed by atoms with E-state index in [1.807, 2.05) is 0 Å². The average molecular weight is 209 g/mol. The highest BCUT2D eigenvalue weighted by Gasteiger charge is 2.69. The Labute approximate surface area is 80.3 Å². The summed E-state index contributed by atoms with van der Waals surface area (Å²) in [7, 11) is 0. The lowest BCUT2D eigenvalue weighted by atomic mass is 9.46. The second-order valence-electron chi connectivity index (χ2n) is 4.89. The van der Waals surface area contributed by atoms with Crippen molar-refractivity contribution in [3.05, 3.63) is 0 Å². The van der Waals surface area contributed by atoms with Gasteiger partial charge in [-0.05, 0) is 43.6 Å². The third-order valence-corrected chi connectivity index (χ3v) is 3.64. The van der Waals surface area contributed by atoms with E-state index in [1.165, 1.54) is 0 Å². The molecule has 0 atom stereocenters. The van der Waals surface area contributed by atoms with Crippen molar-refractivity contribution in [2.45, 2.75) is 37.5 Å². The quantitative estimate of drug-likeness (QED) is 0.686. The first-order valence-electron chi connectivity index (χ1n) is 4.79. The molecule has 82 valence electrons. The van der Waals surface area contributed by atoms with Crippen molar-refractivity contribution < 1.29 is 18.3 Å². The Morgan fingerprint density at radius 3 is 2.14 bits per heavy atom. The van der Waals surface area contributed by atoms with Gasteiger partial charge in [0.15, 0.2) is 5.60 Å². The zero-order valence-electron chi connectivity index (χ0n) is 7.77. The highest BCUT2D eigenvalue weighted by molar-refractivity contribution is 5.13. The largest absolute Gasteiger partial charge is 0.417 e. The summed E-state index contributed by atoms with van der Waals surface area (Å²) in [5.74, 6) is 0.368. The molecule has 2 fully saturated rings. The molecule has 0 heterocycles. The van der Waals surface area contributed by atoms with Crippen LogP contribution in [0.4, 0.5) is 13.2 Å². The van der Waals surface area contributed by atoms with E-state index in [-0.39, 0.29) is 18.3 Å². The molecule has 2 nitrogen and oxygen atoms in total. The first-order valence-corrected chi connectivity index (χ1v) is 4.79.